The van der Waals surface area contributed by atoms with Gasteiger partial charge in [0.15, 0.2) is 6.61 Å². The van der Waals surface area contributed by atoms with Crippen LogP contribution in [0.15, 0.2) is 42.5 Å². The van der Waals surface area contributed by atoms with Crippen LogP contribution >= 0.6 is 0 Å². The third kappa shape index (κ3) is 2.98. The lowest BCUT2D eigenvalue weighted by Crippen LogP contribution is -2.31. The predicted octanol–water partition coefficient (Wildman–Crippen LogP) is 3.00. The number of amides is 2. The standard InChI is InChI=1S/C20H20N2O4/c1-25-15-5-2-4-13(10-15)17-6-3-9-22(17)20(24)14-7-8-16-18(11-14)26-12-19(23)21-16/h2,4-5,7-8,10-11,17H,3,6,9,12H2,1H3,(H,21,23). The highest BCUT2D eigenvalue weighted by molar-refractivity contribution is 5.99. The van der Waals surface area contributed by atoms with Crippen LogP contribution in [0.5, 0.6) is 11.5 Å². The van der Waals surface area contributed by atoms with E-state index in [4.69, 9.17) is 9.47 Å². The first kappa shape index (κ1) is 16.4. The zero-order valence-electron chi connectivity index (χ0n) is 14.5. The van der Waals surface area contributed by atoms with Gasteiger partial charge < -0.3 is 19.7 Å². The molecular formula is C20H20N2O4. The SMILES string of the molecule is COc1cccc(C2CCCN2C(=O)c2ccc3c(c2)OCC(=O)N3)c1. The number of carbonyl (C=O) groups is 2. The van der Waals surface area contributed by atoms with Gasteiger partial charge in [-0.05, 0) is 48.7 Å². The number of benzene rings is 2. The van der Waals surface area contributed by atoms with E-state index in [1.807, 2.05) is 29.2 Å². The predicted molar refractivity (Wildman–Crippen MR) is 96.6 cm³/mol. The summed E-state index contributed by atoms with van der Waals surface area (Å²) in [4.78, 5) is 26.4. The summed E-state index contributed by atoms with van der Waals surface area (Å²) in [5, 5.41) is 2.74. The van der Waals surface area contributed by atoms with E-state index in [0.717, 1.165) is 30.7 Å². The molecular weight excluding hydrogens is 332 g/mol. The maximum Gasteiger partial charge on any atom is 0.262 e. The van der Waals surface area contributed by atoms with E-state index in [1.54, 1.807) is 25.3 Å². The Balaban J connectivity index is 1.60. The molecule has 2 amide bonds. The van der Waals surface area contributed by atoms with Crippen LogP contribution in [0, 0.1) is 0 Å². The molecule has 2 aliphatic rings. The molecule has 2 heterocycles. The minimum atomic E-state index is -0.186. The van der Waals surface area contributed by atoms with Crippen LogP contribution in [0.2, 0.25) is 0 Å². The van der Waals surface area contributed by atoms with Crippen molar-refractivity contribution in [2.45, 2.75) is 18.9 Å². The number of ether oxygens (including phenoxy) is 2. The summed E-state index contributed by atoms with van der Waals surface area (Å²) in [5.41, 5.74) is 2.25. The van der Waals surface area contributed by atoms with Gasteiger partial charge in [0.25, 0.3) is 11.8 Å². The summed E-state index contributed by atoms with van der Waals surface area (Å²) < 4.78 is 10.7. The monoisotopic (exact) mass is 352 g/mol. The van der Waals surface area contributed by atoms with Crippen LogP contribution in [0.1, 0.15) is 34.8 Å². The molecule has 2 aromatic rings. The maximum absolute atomic E-state index is 13.1. The van der Waals surface area contributed by atoms with Gasteiger partial charge >= 0.3 is 0 Å². The Bertz CT molecular complexity index is 865. The fourth-order valence-electron chi connectivity index (χ4n) is 3.58. The van der Waals surface area contributed by atoms with Crippen LogP contribution in [-0.4, -0.2) is 37.0 Å². The first-order valence-corrected chi connectivity index (χ1v) is 8.67. The minimum absolute atomic E-state index is 0.0270. The van der Waals surface area contributed by atoms with Gasteiger partial charge in [0.05, 0.1) is 18.8 Å². The average Bonchev–Trinajstić information content (AvgIpc) is 3.17. The molecule has 6 nitrogen and oxygen atoms in total. The van der Waals surface area contributed by atoms with Gasteiger partial charge in [-0.25, -0.2) is 0 Å². The van der Waals surface area contributed by atoms with Crippen molar-refractivity contribution in [3.05, 3.63) is 53.6 Å². The molecule has 26 heavy (non-hydrogen) atoms. The first-order valence-electron chi connectivity index (χ1n) is 8.67. The van der Waals surface area contributed by atoms with Crippen molar-refractivity contribution in [3.63, 3.8) is 0 Å². The molecule has 1 fully saturated rings. The molecule has 0 spiro atoms. The molecule has 1 saturated heterocycles. The van der Waals surface area contributed by atoms with Crippen molar-refractivity contribution in [2.75, 3.05) is 25.6 Å². The van der Waals surface area contributed by atoms with Crippen LogP contribution in [0.4, 0.5) is 5.69 Å². The summed E-state index contributed by atoms with van der Waals surface area (Å²) in [5.74, 6) is 1.11. The number of nitrogens with one attached hydrogen (secondary N) is 1. The van der Waals surface area contributed by atoms with Gasteiger partial charge in [-0.1, -0.05) is 12.1 Å². The lowest BCUT2D eigenvalue weighted by molar-refractivity contribution is -0.118. The quantitative estimate of drug-likeness (QED) is 0.922. The van der Waals surface area contributed by atoms with E-state index in [1.165, 1.54) is 0 Å². The Morgan fingerprint density at radius 3 is 3.00 bits per heavy atom. The second kappa shape index (κ2) is 6.71. The number of nitrogens with zero attached hydrogens (tertiary/aromatic N) is 1. The molecule has 1 unspecified atom stereocenters. The molecule has 0 aromatic heterocycles. The van der Waals surface area contributed by atoms with Crippen LogP contribution in [0.25, 0.3) is 0 Å². The van der Waals surface area contributed by atoms with Crippen molar-refractivity contribution in [3.8, 4) is 11.5 Å². The maximum atomic E-state index is 13.1. The molecule has 6 heteroatoms. The van der Waals surface area contributed by atoms with Gasteiger partial charge in [-0.2, -0.15) is 0 Å². The lowest BCUT2D eigenvalue weighted by atomic mass is 10.0. The Labute approximate surface area is 151 Å². The molecule has 134 valence electrons. The van der Waals surface area contributed by atoms with E-state index in [2.05, 4.69) is 5.32 Å². The number of hydrogen-bond donors (Lipinski definition) is 1. The molecule has 1 atom stereocenters. The Morgan fingerprint density at radius 1 is 1.27 bits per heavy atom. The van der Waals surface area contributed by atoms with Crippen molar-refractivity contribution < 1.29 is 19.1 Å². The summed E-state index contributed by atoms with van der Waals surface area (Å²) in [7, 11) is 1.64. The number of carbonyl (C=O) groups excluding carboxylic acids is 2. The van der Waals surface area contributed by atoms with E-state index < -0.39 is 0 Å². The normalized spacial score (nSPS) is 18.7. The number of methoxy groups -OCH3 is 1. The van der Waals surface area contributed by atoms with Crippen molar-refractivity contribution in [1.29, 1.82) is 0 Å². The molecule has 1 N–H and O–H groups in total. The highest BCUT2D eigenvalue weighted by Gasteiger charge is 2.31. The molecule has 0 saturated carbocycles. The van der Waals surface area contributed by atoms with Gasteiger partial charge in [0, 0.05) is 12.1 Å². The number of rotatable bonds is 3. The van der Waals surface area contributed by atoms with Gasteiger partial charge in [-0.15, -0.1) is 0 Å². The second-order valence-electron chi connectivity index (χ2n) is 6.48. The number of anilines is 1. The molecule has 0 radical (unpaired) electrons. The zero-order chi connectivity index (χ0) is 18.1. The van der Waals surface area contributed by atoms with Crippen LogP contribution < -0.4 is 14.8 Å². The summed E-state index contributed by atoms with van der Waals surface area (Å²) in [6.07, 6.45) is 1.89. The highest BCUT2D eigenvalue weighted by Crippen LogP contribution is 2.36. The highest BCUT2D eigenvalue weighted by atomic mass is 16.5. The Kier molecular flexibility index (Phi) is 4.24. The fraction of sp³-hybridized carbons (Fsp3) is 0.300. The Morgan fingerprint density at radius 2 is 2.15 bits per heavy atom. The summed E-state index contributed by atoms with van der Waals surface area (Å²) in [6, 6.07) is 13.1. The third-order valence-corrected chi connectivity index (χ3v) is 4.85. The molecule has 4 rings (SSSR count). The zero-order valence-corrected chi connectivity index (χ0v) is 14.5. The summed E-state index contributed by atoms with van der Waals surface area (Å²) >= 11 is 0. The van der Waals surface area contributed by atoms with Crippen molar-refractivity contribution in [1.82, 2.24) is 4.90 Å². The van der Waals surface area contributed by atoms with Gasteiger partial charge in [-0.3, -0.25) is 9.59 Å². The smallest absolute Gasteiger partial charge is 0.262 e. The average molecular weight is 352 g/mol. The first-order chi connectivity index (χ1) is 12.7. The fourth-order valence-corrected chi connectivity index (χ4v) is 3.58. The van der Waals surface area contributed by atoms with Crippen molar-refractivity contribution >= 4 is 17.5 Å². The summed E-state index contributed by atoms with van der Waals surface area (Å²) in [6.45, 7) is 0.691. The number of fused-ring (bicyclic) bond motifs is 1. The molecule has 2 aliphatic heterocycles. The minimum Gasteiger partial charge on any atom is -0.497 e. The van der Waals surface area contributed by atoms with Gasteiger partial charge in [0.1, 0.15) is 11.5 Å². The van der Waals surface area contributed by atoms with E-state index in [0.29, 0.717) is 17.0 Å². The topological polar surface area (TPSA) is 67.9 Å². The third-order valence-electron chi connectivity index (χ3n) is 4.85. The number of hydrogen-bond acceptors (Lipinski definition) is 4. The van der Waals surface area contributed by atoms with E-state index >= 15 is 0 Å². The lowest BCUT2D eigenvalue weighted by Gasteiger charge is -2.26. The Hall–Kier alpha value is -3.02. The second-order valence-corrected chi connectivity index (χ2v) is 6.48. The largest absolute Gasteiger partial charge is 0.497 e. The number of likely N-dealkylation sites (tertiary alicyclic amines) is 1. The molecule has 0 bridgehead atoms. The van der Waals surface area contributed by atoms with E-state index in [9.17, 15) is 9.59 Å². The van der Waals surface area contributed by atoms with Crippen LogP contribution in [-0.2, 0) is 4.79 Å². The molecule has 2 aromatic carbocycles. The molecule has 0 aliphatic carbocycles. The van der Waals surface area contributed by atoms with E-state index in [-0.39, 0.29) is 24.5 Å². The van der Waals surface area contributed by atoms with Crippen molar-refractivity contribution in [2.24, 2.45) is 0 Å². The van der Waals surface area contributed by atoms with Gasteiger partial charge in [0.2, 0.25) is 0 Å². The van der Waals surface area contributed by atoms with Crippen LogP contribution in [0.3, 0.4) is 0 Å².